The van der Waals surface area contributed by atoms with Crippen molar-refractivity contribution in [3.63, 3.8) is 0 Å². The third kappa shape index (κ3) is 4.79. The zero-order valence-corrected chi connectivity index (χ0v) is 13.8. The molecule has 0 spiro atoms. The van der Waals surface area contributed by atoms with Crippen LogP contribution in [0.2, 0.25) is 0 Å². The zero-order valence-electron chi connectivity index (χ0n) is 12.2. The van der Waals surface area contributed by atoms with Crippen molar-refractivity contribution in [3.05, 3.63) is 0 Å². The summed E-state index contributed by atoms with van der Waals surface area (Å²) in [5.74, 6) is 0.469. The van der Waals surface area contributed by atoms with E-state index in [1.165, 1.54) is 0 Å². The first-order valence-electron chi connectivity index (χ1n) is 6.79. The van der Waals surface area contributed by atoms with Gasteiger partial charge in [-0.2, -0.15) is 0 Å². The number of carbonyl (C=O) groups is 2. The molecule has 0 radical (unpaired) electrons. The minimum atomic E-state index is -0.760. The van der Waals surface area contributed by atoms with Crippen LogP contribution in [-0.4, -0.2) is 28.3 Å². The lowest BCUT2D eigenvalue weighted by atomic mass is 9.74. The Balaban J connectivity index is 2.81. The van der Waals surface area contributed by atoms with Crippen LogP contribution in [0.4, 0.5) is 4.79 Å². The summed E-state index contributed by atoms with van der Waals surface area (Å²) in [5.41, 5.74) is -1.31. The number of carbonyl (C=O) groups excluding carboxylic acids is 2. The largest absolute Gasteiger partial charge is 0.444 e. The van der Waals surface area contributed by atoms with E-state index in [9.17, 15) is 9.59 Å². The van der Waals surface area contributed by atoms with Gasteiger partial charge in [-0.1, -0.05) is 35.7 Å². The zero-order chi connectivity index (χ0) is 14.7. The summed E-state index contributed by atoms with van der Waals surface area (Å²) in [7, 11) is 0. The van der Waals surface area contributed by atoms with Gasteiger partial charge >= 0.3 is 6.09 Å². The molecule has 1 N–H and O–H groups in total. The molecule has 0 aromatic rings. The normalized spacial score (nSPS) is 27.7. The highest BCUT2D eigenvalue weighted by Crippen LogP contribution is 2.33. The summed E-state index contributed by atoms with van der Waals surface area (Å²) in [6.45, 7) is 7.56. The number of halogens is 1. The predicted molar refractivity (Wildman–Crippen MR) is 78.5 cm³/mol. The molecule has 0 bridgehead atoms. The van der Waals surface area contributed by atoms with Gasteiger partial charge in [-0.3, -0.25) is 4.79 Å². The van der Waals surface area contributed by atoms with Gasteiger partial charge in [-0.15, -0.1) is 0 Å². The molecule has 1 aliphatic rings. The molecule has 1 amide bonds. The van der Waals surface area contributed by atoms with E-state index < -0.39 is 17.2 Å². The van der Waals surface area contributed by atoms with Crippen molar-refractivity contribution in [1.29, 1.82) is 0 Å². The Morgan fingerprint density at radius 3 is 2.53 bits per heavy atom. The summed E-state index contributed by atoms with van der Waals surface area (Å²) in [5, 5.41) is 3.09. The minimum Gasteiger partial charge on any atom is -0.444 e. The summed E-state index contributed by atoms with van der Waals surface area (Å²) in [4.78, 5) is 24.2. The van der Waals surface area contributed by atoms with E-state index in [0.29, 0.717) is 18.8 Å². The lowest BCUT2D eigenvalue weighted by molar-refractivity contribution is -0.124. The van der Waals surface area contributed by atoms with Crippen molar-refractivity contribution in [2.45, 2.75) is 64.5 Å². The molecule has 5 heteroatoms. The lowest BCUT2D eigenvalue weighted by Gasteiger charge is -2.39. The molecule has 4 nitrogen and oxygen atoms in total. The van der Waals surface area contributed by atoms with Crippen LogP contribution in [0.3, 0.4) is 0 Å². The van der Waals surface area contributed by atoms with Gasteiger partial charge in [0.05, 0.1) is 5.33 Å². The third-order valence-electron chi connectivity index (χ3n) is 3.39. The van der Waals surface area contributed by atoms with Crippen LogP contribution < -0.4 is 5.32 Å². The SMILES string of the molecule is CC1CCCC(NC(=O)OC(C)(C)C)(C(=O)CBr)C1. The van der Waals surface area contributed by atoms with E-state index in [0.717, 1.165) is 12.8 Å². The Labute approximate surface area is 123 Å². The van der Waals surface area contributed by atoms with Gasteiger partial charge in [0.15, 0.2) is 5.78 Å². The maximum atomic E-state index is 12.2. The standard InChI is InChI=1S/C14H24BrNO3/c1-10-6-5-7-14(8-10,11(17)9-15)16-12(18)19-13(2,3)4/h10H,5-9H2,1-4H3,(H,16,18). The maximum absolute atomic E-state index is 12.2. The molecule has 19 heavy (non-hydrogen) atoms. The molecule has 2 atom stereocenters. The molecule has 0 saturated heterocycles. The Bertz CT molecular complexity index is 351. The average molecular weight is 334 g/mol. The van der Waals surface area contributed by atoms with Crippen LogP contribution in [0.15, 0.2) is 0 Å². The number of alkyl halides is 1. The van der Waals surface area contributed by atoms with Crippen molar-refractivity contribution in [2.24, 2.45) is 5.92 Å². The Kier molecular flexibility index (Phi) is 5.42. The molecule has 0 heterocycles. The monoisotopic (exact) mass is 333 g/mol. The Morgan fingerprint density at radius 1 is 1.42 bits per heavy atom. The van der Waals surface area contributed by atoms with Gasteiger partial charge in [0.25, 0.3) is 0 Å². The van der Waals surface area contributed by atoms with Crippen LogP contribution in [-0.2, 0) is 9.53 Å². The molecule has 2 unspecified atom stereocenters. The predicted octanol–water partition coefficient (Wildman–Crippen LogP) is 3.42. The number of alkyl carbamates (subject to hydrolysis) is 1. The van der Waals surface area contributed by atoms with Gasteiger partial charge in [0, 0.05) is 0 Å². The summed E-state index contributed by atoms with van der Waals surface area (Å²) in [6.07, 6.45) is 2.94. The van der Waals surface area contributed by atoms with Crippen molar-refractivity contribution >= 4 is 27.8 Å². The smallest absolute Gasteiger partial charge is 0.408 e. The Morgan fingerprint density at radius 2 is 2.05 bits per heavy atom. The molecule has 1 fully saturated rings. The van der Waals surface area contributed by atoms with E-state index in [1.807, 2.05) is 20.8 Å². The van der Waals surface area contributed by atoms with E-state index >= 15 is 0 Å². The van der Waals surface area contributed by atoms with E-state index in [2.05, 4.69) is 28.2 Å². The molecule has 0 aliphatic heterocycles. The fraction of sp³-hybridized carbons (Fsp3) is 0.857. The van der Waals surface area contributed by atoms with Crippen LogP contribution >= 0.6 is 15.9 Å². The first-order valence-corrected chi connectivity index (χ1v) is 7.91. The minimum absolute atomic E-state index is 0.0323. The maximum Gasteiger partial charge on any atom is 0.408 e. The van der Waals surface area contributed by atoms with Crippen LogP contribution in [0, 0.1) is 5.92 Å². The molecule has 1 aliphatic carbocycles. The average Bonchev–Trinajstić information content (AvgIpc) is 2.24. The molecule has 1 saturated carbocycles. The molecule has 0 aromatic heterocycles. The molecular weight excluding hydrogens is 310 g/mol. The number of Topliss-reactive ketones (excluding diaryl/α,β-unsaturated/α-hetero) is 1. The molecule has 1 rings (SSSR count). The molecular formula is C14H24BrNO3. The summed E-state index contributed by atoms with van der Waals surface area (Å²) >= 11 is 3.22. The molecule has 110 valence electrons. The first-order chi connectivity index (χ1) is 8.68. The van der Waals surface area contributed by atoms with Crippen molar-refractivity contribution in [3.8, 4) is 0 Å². The van der Waals surface area contributed by atoms with Gasteiger partial charge < -0.3 is 10.1 Å². The van der Waals surface area contributed by atoms with E-state index in [4.69, 9.17) is 4.74 Å². The lowest BCUT2D eigenvalue weighted by Crippen LogP contribution is -2.58. The summed E-state index contributed by atoms with van der Waals surface area (Å²) in [6, 6.07) is 0. The topological polar surface area (TPSA) is 55.4 Å². The number of ether oxygens (including phenoxy) is 1. The second-order valence-electron chi connectivity index (χ2n) is 6.47. The number of rotatable bonds is 3. The van der Waals surface area contributed by atoms with Crippen LogP contribution in [0.25, 0.3) is 0 Å². The highest BCUT2D eigenvalue weighted by Gasteiger charge is 2.42. The van der Waals surface area contributed by atoms with Crippen LogP contribution in [0.1, 0.15) is 53.4 Å². The number of nitrogens with one attached hydrogen (secondary N) is 1. The molecule has 0 aromatic carbocycles. The third-order valence-corrected chi connectivity index (χ3v) is 3.90. The first kappa shape index (κ1) is 16.5. The summed E-state index contributed by atoms with van der Waals surface area (Å²) < 4.78 is 5.28. The van der Waals surface area contributed by atoms with Crippen LogP contribution in [0.5, 0.6) is 0 Å². The number of hydrogen-bond donors (Lipinski definition) is 1. The van der Waals surface area contributed by atoms with Crippen molar-refractivity contribution in [2.75, 3.05) is 5.33 Å². The van der Waals surface area contributed by atoms with E-state index in [1.54, 1.807) is 0 Å². The van der Waals surface area contributed by atoms with Crippen molar-refractivity contribution < 1.29 is 14.3 Å². The quantitative estimate of drug-likeness (QED) is 0.805. The van der Waals surface area contributed by atoms with Gasteiger partial charge in [-0.25, -0.2) is 4.79 Å². The van der Waals surface area contributed by atoms with Gasteiger partial charge in [0.2, 0.25) is 0 Å². The second kappa shape index (κ2) is 6.25. The van der Waals surface area contributed by atoms with Gasteiger partial charge in [0.1, 0.15) is 11.1 Å². The number of ketones is 1. The van der Waals surface area contributed by atoms with E-state index in [-0.39, 0.29) is 11.1 Å². The van der Waals surface area contributed by atoms with Crippen molar-refractivity contribution in [1.82, 2.24) is 5.32 Å². The number of hydrogen-bond acceptors (Lipinski definition) is 3. The fourth-order valence-electron chi connectivity index (χ4n) is 2.61. The fourth-order valence-corrected chi connectivity index (χ4v) is 3.15. The van der Waals surface area contributed by atoms with Gasteiger partial charge in [-0.05, 0) is 39.5 Å². The highest BCUT2D eigenvalue weighted by molar-refractivity contribution is 9.09. The highest BCUT2D eigenvalue weighted by atomic mass is 79.9. The second-order valence-corrected chi connectivity index (χ2v) is 7.03. The number of amides is 1. The Hall–Kier alpha value is -0.580.